The highest BCUT2D eigenvalue weighted by Gasteiger charge is 2.36. The quantitative estimate of drug-likeness (QED) is 0.744. The molecule has 2 N–H and O–H groups in total. The molecule has 1 aromatic carbocycles. The minimum Gasteiger partial charge on any atom is -0.383 e. The van der Waals surface area contributed by atoms with Gasteiger partial charge >= 0.3 is 6.18 Å². The van der Waals surface area contributed by atoms with E-state index in [0.717, 1.165) is 25.1 Å². The van der Waals surface area contributed by atoms with E-state index in [2.05, 4.69) is 10.0 Å². The van der Waals surface area contributed by atoms with Crippen molar-refractivity contribution in [2.75, 3.05) is 26.8 Å². The fraction of sp³-hybridized carbons (Fsp3) is 0.533. The lowest BCUT2D eigenvalue weighted by Crippen LogP contribution is -2.52. The molecule has 1 atom stereocenters. The maximum Gasteiger partial charge on any atom is 0.417 e. The third kappa shape index (κ3) is 5.08. The number of ether oxygens (including phenoxy) is 1. The summed E-state index contributed by atoms with van der Waals surface area (Å²) in [7, 11) is -2.56. The van der Waals surface area contributed by atoms with Crippen LogP contribution in [0.15, 0.2) is 23.1 Å². The summed E-state index contributed by atoms with van der Waals surface area (Å²) in [6, 6.07) is 3.57. The number of halogens is 4. The van der Waals surface area contributed by atoms with E-state index in [-0.39, 0.29) is 23.8 Å². The highest BCUT2D eigenvalue weighted by atomic mass is 35.5. The molecule has 0 radical (unpaired) electrons. The van der Waals surface area contributed by atoms with Crippen LogP contribution in [0.3, 0.4) is 0 Å². The molecular formula is C15H19ClF3N3O3S. The third-order valence-corrected chi connectivity index (χ3v) is 5.48. The second-order valence-corrected chi connectivity index (χ2v) is 7.65. The van der Waals surface area contributed by atoms with Gasteiger partial charge in [0.2, 0.25) is 10.0 Å². The van der Waals surface area contributed by atoms with E-state index in [1.54, 1.807) is 0 Å². The van der Waals surface area contributed by atoms with Crippen molar-refractivity contribution in [3.8, 4) is 6.07 Å². The van der Waals surface area contributed by atoms with E-state index in [1.807, 2.05) is 0 Å². The van der Waals surface area contributed by atoms with E-state index < -0.39 is 32.9 Å². The number of nitrogens with one attached hydrogen (secondary N) is 2. The summed E-state index contributed by atoms with van der Waals surface area (Å²) in [5.74, 6) is 0. The molecule has 1 saturated heterocycles. The van der Waals surface area contributed by atoms with Gasteiger partial charge in [-0.25, -0.2) is 13.1 Å². The molecule has 0 bridgehead atoms. The largest absolute Gasteiger partial charge is 0.417 e. The first-order valence-corrected chi connectivity index (χ1v) is 8.97. The van der Waals surface area contributed by atoms with Crippen LogP contribution >= 0.6 is 12.4 Å². The molecule has 0 aromatic heterocycles. The number of sulfonamides is 1. The molecule has 0 saturated carbocycles. The molecule has 1 fully saturated rings. The van der Waals surface area contributed by atoms with Crippen LogP contribution in [-0.2, 0) is 20.9 Å². The molecule has 0 amide bonds. The van der Waals surface area contributed by atoms with Gasteiger partial charge in [-0.1, -0.05) is 0 Å². The standard InChI is InChI=1S/C15H18F3N3O3S.ClH/c1-24-10-14(5-2-6-20-14)9-21-25(22,23)12-3-4-13(15(16,17)18)11(7-12)8-19;/h3-4,7,20-21H,2,5-6,9-10H2,1H3;1H. The van der Waals surface area contributed by atoms with Gasteiger partial charge in [-0.2, -0.15) is 18.4 Å². The fourth-order valence-corrected chi connectivity index (χ4v) is 3.97. The molecular weight excluding hydrogens is 395 g/mol. The van der Waals surface area contributed by atoms with Gasteiger partial charge in [0.05, 0.1) is 34.2 Å². The highest BCUT2D eigenvalue weighted by molar-refractivity contribution is 7.89. The fourth-order valence-electron chi connectivity index (χ4n) is 2.82. The number of hydrogen-bond acceptors (Lipinski definition) is 5. The van der Waals surface area contributed by atoms with E-state index in [1.165, 1.54) is 13.2 Å². The number of rotatable bonds is 6. The lowest BCUT2D eigenvalue weighted by Gasteiger charge is -2.28. The minimum absolute atomic E-state index is 0. The van der Waals surface area contributed by atoms with Crippen LogP contribution in [0.4, 0.5) is 13.2 Å². The van der Waals surface area contributed by atoms with Crippen molar-refractivity contribution in [1.82, 2.24) is 10.0 Å². The van der Waals surface area contributed by atoms with Crippen molar-refractivity contribution in [2.24, 2.45) is 0 Å². The van der Waals surface area contributed by atoms with E-state index in [9.17, 15) is 21.6 Å². The van der Waals surface area contributed by atoms with Gasteiger partial charge in [-0.15, -0.1) is 12.4 Å². The average molecular weight is 414 g/mol. The first-order chi connectivity index (χ1) is 11.6. The zero-order chi connectivity index (χ0) is 18.7. The van der Waals surface area contributed by atoms with Crippen molar-refractivity contribution in [3.63, 3.8) is 0 Å². The second kappa shape index (κ2) is 8.54. The summed E-state index contributed by atoms with van der Waals surface area (Å²) < 4.78 is 70.7. The predicted octanol–water partition coefficient (Wildman–Crippen LogP) is 2.05. The molecule has 146 valence electrons. The van der Waals surface area contributed by atoms with Crippen LogP contribution in [-0.4, -0.2) is 40.8 Å². The first-order valence-electron chi connectivity index (χ1n) is 7.48. The Morgan fingerprint density at radius 1 is 1.42 bits per heavy atom. The van der Waals surface area contributed by atoms with Crippen LogP contribution in [0.5, 0.6) is 0 Å². The molecule has 11 heteroatoms. The maximum absolute atomic E-state index is 12.8. The second-order valence-electron chi connectivity index (χ2n) is 5.89. The van der Waals surface area contributed by atoms with Gasteiger partial charge in [0.1, 0.15) is 0 Å². The van der Waals surface area contributed by atoms with Gasteiger partial charge in [-0.3, -0.25) is 0 Å². The van der Waals surface area contributed by atoms with Gasteiger partial charge < -0.3 is 10.1 Å². The van der Waals surface area contributed by atoms with Crippen LogP contribution < -0.4 is 10.0 Å². The molecule has 26 heavy (non-hydrogen) atoms. The molecule has 1 aliphatic heterocycles. The topological polar surface area (TPSA) is 91.2 Å². The first kappa shape index (κ1) is 22.7. The Morgan fingerprint density at radius 3 is 2.62 bits per heavy atom. The highest BCUT2D eigenvalue weighted by Crippen LogP contribution is 2.32. The number of nitriles is 1. The lowest BCUT2D eigenvalue weighted by atomic mass is 9.99. The summed E-state index contributed by atoms with van der Waals surface area (Å²) in [5, 5.41) is 12.1. The summed E-state index contributed by atoms with van der Waals surface area (Å²) >= 11 is 0. The maximum atomic E-state index is 12.8. The van der Waals surface area contributed by atoms with Gasteiger partial charge in [0, 0.05) is 13.7 Å². The van der Waals surface area contributed by atoms with E-state index in [0.29, 0.717) is 19.1 Å². The molecule has 2 rings (SSSR count). The third-order valence-electron chi connectivity index (χ3n) is 4.08. The van der Waals surface area contributed by atoms with Gasteiger partial charge in [0.15, 0.2) is 0 Å². The molecule has 1 aliphatic rings. The molecule has 6 nitrogen and oxygen atoms in total. The van der Waals surface area contributed by atoms with Crippen molar-refractivity contribution in [1.29, 1.82) is 5.26 Å². The van der Waals surface area contributed by atoms with Crippen LogP contribution in [0, 0.1) is 11.3 Å². The van der Waals surface area contributed by atoms with Crippen molar-refractivity contribution < 1.29 is 26.3 Å². The Kier molecular flexibility index (Phi) is 7.44. The Balaban J connectivity index is 0.00000338. The number of benzene rings is 1. The summed E-state index contributed by atoms with van der Waals surface area (Å²) in [4.78, 5) is -0.386. The average Bonchev–Trinajstić information content (AvgIpc) is 3.01. The summed E-state index contributed by atoms with van der Waals surface area (Å²) in [6.07, 6.45) is -3.15. The Hall–Kier alpha value is -1.38. The minimum atomic E-state index is -4.73. The summed E-state index contributed by atoms with van der Waals surface area (Å²) in [5.41, 5.74) is -2.45. The van der Waals surface area contributed by atoms with E-state index in [4.69, 9.17) is 10.00 Å². The molecule has 1 aromatic rings. The van der Waals surface area contributed by atoms with Crippen LogP contribution in [0.25, 0.3) is 0 Å². The Bertz CT molecular complexity index is 773. The SMILES string of the molecule is COCC1(CNS(=O)(=O)c2ccc(C(F)(F)F)c(C#N)c2)CCCN1.Cl. The number of methoxy groups -OCH3 is 1. The lowest BCUT2D eigenvalue weighted by molar-refractivity contribution is -0.137. The number of alkyl halides is 3. The van der Waals surface area contributed by atoms with Gasteiger partial charge in [-0.05, 0) is 37.6 Å². The Labute approximate surface area is 156 Å². The zero-order valence-corrected chi connectivity index (χ0v) is 15.5. The number of hydrogen-bond donors (Lipinski definition) is 2. The van der Waals surface area contributed by atoms with Crippen molar-refractivity contribution in [3.05, 3.63) is 29.3 Å². The van der Waals surface area contributed by atoms with Crippen LogP contribution in [0.1, 0.15) is 24.0 Å². The van der Waals surface area contributed by atoms with Gasteiger partial charge in [0.25, 0.3) is 0 Å². The normalized spacial score (nSPS) is 20.4. The monoisotopic (exact) mass is 413 g/mol. The van der Waals surface area contributed by atoms with E-state index >= 15 is 0 Å². The summed E-state index contributed by atoms with van der Waals surface area (Å²) in [6.45, 7) is 1.06. The van der Waals surface area contributed by atoms with Crippen molar-refractivity contribution in [2.45, 2.75) is 29.5 Å². The van der Waals surface area contributed by atoms with Crippen molar-refractivity contribution >= 4 is 22.4 Å². The number of nitrogens with zero attached hydrogens (tertiary/aromatic N) is 1. The molecule has 1 unspecified atom stereocenters. The smallest absolute Gasteiger partial charge is 0.383 e. The Morgan fingerprint density at radius 2 is 2.12 bits per heavy atom. The molecule has 1 heterocycles. The molecule has 0 spiro atoms. The zero-order valence-electron chi connectivity index (χ0n) is 13.9. The predicted molar refractivity (Wildman–Crippen MR) is 90.4 cm³/mol. The van der Waals surface area contributed by atoms with Crippen LogP contribution in [0.2, 0.25) is 0 Å². The molecule has 0 aliphatic carbocycles.